The van der Waals surface area contributed by atoms with E-state index in [-0.39, 0.29) is 5.91 Å². The number of aromatic nitrogens is 1. The van der Waals surface area contributed by atoms with Crippen LogP contribution >= 0.6 is 0 Å². The van der Waals surface area contributed by atoms with E-state index in [1.165, 1.54) is 6.26 Å². The highest BCUT2D eigenvalue weighted by Gasteiger charge is 2.10. The maximum atomic E-state index is 11.3. The number of carbonyl (C=O) groups excluding carboxylic acids is 1. The summed E-state index contributed by atoms with van der Waals surface area (Å²) >= 11 is 0. The van der Waals surface area contributed by atoms with Crippen LogP contribution in [-0.4, -0.2) is 22.8 Å². The van der Waals surface area contributed by atoms with Gasteiger partial charge in [-0.3, -0.25) is 20.1 Å². The fourth-order valence-corrected chi connectivity index (χ4v) is 1.79. The third-order valence-electron chi connectivity index (χ3n) is 2.65. The molecule has 6 nitrogen and oxygen atoms in total. The lowest BCUT2D eigenvalue weighted by molar-refractivity contribution is 0.0953. The number of rotatable bonds is 5. The number of hydrogen-bond acceptors (Lipinski definition) is 5. The molecule has 0 aliphatic carbocycles. The van der Waals surface area contributed by atoms with Crippen LogP contribution < -0.4 is 11.3 Å². The monoisotopic (exact) mass is 260 g/mol. The highest BCUT2D eigenvalue weighted by Crippen LogP contribution is 2.11. The van der Waals surface area contributed by atoms with Crippen molar-refractivity contribution >= 4 is 5.91 Å². The molecule has 0 aliphatic rings. The lowest BCUT2D eigenvalue weighted by atomic mass is 10.2. The van der Waals surface area contributed by atoms with Gasteiger partial charge in [-0.05, 0) is 24.7 Å². The fraction of sp³-hybridized carbons (Fsp3) is 0.231. The Labute approximate surface area is 111 Å². The van der Waals surface area contributed by atoms with Gasteiger partial charge in [-0.1, -0.05) is 6.07 Å². The second kappa shape index (κ2) is 6.12. The van der Waals surface area contributed by atoms with Gasteiger partial charge in [0.1, 0.15) is 12.0 Å². The number of furan rings is 1. The maximum Gasteiger partial charge on any atom is 0.268 e. The van der Waals surface area contributed by atoms with Crippen LogP contribution in [0.25, 0.3) is 0 Å². The van der Waals surface area contributed by atoms with Crippen LogP contribution in [0.3, 0.4) is 0 Å². The zero-order valence-corrected chi connectivity index (χ0v) is 10.7. The van der Waals surface area contributed by atoms with Gasteiger partial charge in [-0.2, -0.15) is 0 Å². The van der Waals surface area contributed by atoms with E-state index in [0.717, 1.165) is 12.1 Å². The molecule has 0 radical (unpaired) electrons. The van der Waals surface area contributed by atoms with Crippen LogP contribution in [0.5, 0.6) is 0 Å². The van der Waals surface area contributed by atoms with Crippen molar-refractivity contribution in [2.75, 3.05) is 7.05 Å². The van der Waals surface area contributed by atoms with Crippen molar-refractivity contribution in [3.8, 4) is 0 Å². The third-order valence-corrected chi connectivity index (χ3v) is 2.65. The first-order chi connectivity index (χ1) is 9.19. The minimum Gasteiger partial charge on any atom is -0.467 e. The van der Waals surface area contributed by atoms with Crippen molar-refractivity contribution in [1.82, 2.24) is 15.3 Å². The highest BCUT2D eigenvalue weighted by molar-refractivity contribution is 5.93. The van der Waals surface area contributed by atoms with E-state index in [1.807, 2.05) is 25.4 Å². The molecule has 0 atom stereocenters. The largest absolute Gasteiger partial charge is 0.467 e. The predicted molar refractivity (Wildman–Crippen MR) is 69.8 cm³/mol. The van der Waals surface area contributed by atoms with E-state index in [0.29, 0.717) is 17.9 Å². The topological polar surface area (TPSA) is 84.4 Å². The average molecular weight is 260 g/mol. The van der Waals surface area contributed by atoms with E-state index in [4.69, 9.17) is 10.3 Å². The van der Waals surface area contributed by atoms with Crippen LogP contribution in [0.4, 0.5) is 0 Å². The second-order valence-electron chi connectivity index (χ2n) is 4.31. The number of nitrogens with one attached hydrogen (secondary N) is 1. The quantitative estimate of drug-likeness (QED) is 0.474. The van der Waals surface area contributed by atoms with Gasteiger partial charge in [0, 0.05) is 18.9 Å². The van der Waals surface area contributed by atoms with Crippen molar-refractivity contribution in [3.05, 3.63) is 53.7 Å². The highest BCUT2D eigenvalue weighted by atomic mass is 16.3. The molecule has 0 aromatic carbocycles. The summed E-state index contributed by atoms with van der Waals surface area (Å²) in [6.45, 7) is 1.36. The van der Waals surface area contributed by atoms with E-state index in [2.05, 4.69) is 15.3 Å². The fourth-order valence-electron chi connectivity index (χ4n) is 1.79. The maximum absolute atomic E-state index is 11.3. The molecule has 6 heteroatoms. The van der Waals surface area contributed by atoms with Crippen molar-refractivity contribution in [3.63, 3.8) is 0 Å². The summed E-state index contributed by atoms with van der Waals surface area (Å²) in [4.78, 5) is 17.4. The summed E-state index contributed by atoms with van der Waals surface area (Å²) in [5, 5.41) is 0. The molecule has 2 heterocycles. The number of nitrogens with two attached hydrogens (primary N) is 1. The average Bonchev–Trinajstić information content (AvgIpc) is 2.87. The summed E-state index contributed by atoms with van der Waals surface area (Å²) in [6, 6.07) is 5.60. The molecular formula is C13H16N4O2. The molecule has 2 aromatic heterocycles. The number of hydrogen-bond donors (Lipinski definition) is 2. The molecule has 0 saturated heterocycles. The van der Waals surface area contributed by atoms with E-state index in [1.54, 1.807) is 12.3 Å². The lowest BCUT2D eigenvalue weighted by Gasteiger charge is -2.14. The Balaban J connectivity index is 1.94. The van der Waals surface area contributed by atoms with Crippen LogP contribution in [-0.2, 0) is 13.1 Å². The summed E-state index contributed by atoms with van der Waals surface area (Å²) < 4.78 is 5.32. The summed E-state index contributed by atoms with van der Waals surface area (Å²) in [6.07, 6.45) is 4.97. The smallest absolute Gasteiger partial charge is 0.268 e. The zero-order chi connectivity index (χ0) is 13.7. The first-order valence-electron chi connectivity index (χ1n) is 5.85. The van der Waals surface area contributed by atoms with Crippen molar-refractivity contribution < 1.29 is 9.21 Å². The minimum absolute atomic E-state index is 0.357. The van der Waals surface area contributed by atoms with Gasteiger partial charge in [-0.25, -0.2) is 5.84 Å². The molecule has 3 N–H and O–H groups in total. The Hall–Kier alpha value is -2.18. The van der Waals surface area contributed by atoms with E-state index >= 15 is 0 Å². The van der Waals surface area contributed by atoms with Gasteiger partial charge in [0.05, 0.1) is 12.1 Å². The number of carbonyl (C=O) groups is 1. The van der Waals surface area contributed by atoms with Crippen molar-refractivity contribution in [1.29, 1.82) is 0 Å². The van der Waals surface area contributed by atoms with Gasteiger partial charge in [-0.15, -0.1) is 0 Å². The summed E-state index contributed by atoms with van der Waals surface area (Å²) in [5.41, 5.74) is 3.61. The third kappa shape index (κ3) is 3.64. The molecule has 0 unspecified atom stereocenters. The minimum atomic E-state index is -0.357. The number of pyridine rings is 1. The van der Waals surface area contributed by atoms with Crippen LogP contribution in [0, 0.1) is 0 Å². The molecule has 100 valence electrons. The Morgan fingerprint density at radius 2 is 2.37 bits per heavy atom. The molecule has 0 bridgehead atoms. The predicted octanol–water partition coefficient (Wildman–Crippen LogP) is 0.910. The molecule has 19 heavy (non-hydrogen) atoms. The number of amides is 1. The first-order valence-corrected chi connectivity index (χ1v) is 5.85. The van der Waals surface area contributed by atoms with Crippen molar-refractivity contribution in [2.45, 2.75) is 13.1 Å². The Bertz CT molecular complexity index is 539. The zero-order valence-electron chi connectivity index (χ0n) is 10.7. The lowest BCUT2D eigenvalue weighted by Crippen LogP contribution is -2.29. The number of nitrogens with zero attached hydrogens (tertiary/aromatic N) is 2. The van der Waals surface area contributed by atoms with Crippen LogP contribution in [0.1, 0.15) is 21.7 Å². The molecular weight excluding hydrogens is 244 g/mol. The van der Waals surface area contributed by atoms with Crippen molar-refractivity contribution in [2.24, 2.45) is 5.84 Å². The van der Waals surface area contributed by atoms with E-state index < -0.39 is 0 Å². The molecule has 1 amide bonds. The first kappa shape index (κ1) is 13.3. The molecule has 0 spiro atoms. The Kier molecular flexibility index (Phi) is 4.27. The molecule has 0 fully saturated rings. The number of hydrazine groups is 1. The summed E-state index contributed by atoms with van der Waals surface area (Å²) in [5.74, 6) is 5.41. The van der Waals surface area contributed by atoms with E-state index in [9.17, 15) is 4.79 Å². The second-order valence-corrected chi connectivity index (χ2v) is 4.31. The van der Waals surface area contributed by atoms with Gasteiger partial charge >= 0.3 is 0 Å². The SMILES string of the molecule is CN(Cc1cccnc1)Cc1cc(C(=O)NN)co1. The number of nitrogen functional groups attached to an aromatic ring is 1. The molecule has 2 rings (SSSR count). The van der Waals surface area contributed by atoms with Gasteiger partial charge < -0.3 is 4.42 Å². The normalized spacial score (nSPS) is 10.7. The standard InChI is InChI=1S/C13H16N4O2/c1-17(7-10-3-2-4-15-6-10)8-12-5-11(9-19-12)13(18)16-14/h2-6,9H,7-8,14H2,1H3,(H,16,18). The van der Waals surface area contributed by atoms with Gasteiger partial charge in [0.25, 0.3) is 5.91 Å². The molecule has 2 aromatic rings. The Morgan fingerprint density at radius 1 is 1.53 bits per heavy atom. The summed E-state index contributed by atoms with van der Waals surface area (Å²) in [7, 11) is 1.97. The molecule has 0 aliphatic heterocycles. The van der Waals surface area contributed by atoms with Gasteiger partial charge in [0.15, 0.2) is 0 Å². The molecule has 0 saturated carbocycles. The van der Waals surface area contributed by atoms with Crippen LogP contribution in [0.15, 0.2) is 41.3 Å². The van der Waals surface area contributed by atoms with Gasteiger partial charge in [0.2, 0.25) is 0 Å². The Morgan fingerprint density at radius 3 is 3.05 bits per heavy atom. The van der Waals surface area contributed by atoms with Crippen LogP contribution in [0.2, 0.25) is 0 Å².